The molecule has 0 heterocycles. The first-order chi connectivity index (χ1) is 23.1. The lowest BCUT2D eigenvalue weighted by Gasteiger charge is -2.49. The van der Waals surface area contributed by atoms with E-state index < -0.39 is 106 Å². The fourth-order valence-electron chi connectivity index (χ4n) is 6.12. The van der Waals surface area contributed by atoms with Crippen LogP contribution in [0, 0.1) is 0 Å². The molecule has 6 atom stereocenters. The molecule has 50 heavy (non-hydrogen) atoms. The van der Waals surface area contributed by atoms with Crippen molar-refractivity contribution in [3.63, 3.8) is 0 Å². The van der Waals surface area contributed by atoms with Crippen LogP contribution in [0.2, 0.25) is 0 Å². The summed E-state index contributed by atoms with van der Waals surface area (Å²) in [5, 5.41) is 82.2. The number of aliphatic carboxylic acids is 2. The van der Waals surface area contributed by atoms with Gasteiger partial charge in [0.2, 0.25) is 0 Å². The lowest BCUT2D eigenvalue weighted by atomic mass is 9.80. The van der Waals surface area contributed by atoms with E-state index in [2.05, 4.69) is 0 Å². The van der Waals surface area contributed by atoms with Crippen molar-refractivity contribution < 1.29 is 88.9 Å². The van der Waals surface area contributed by atoms with E-state index in [0.29, 0.717) is 6.42 Å². The van der Waals surface area contributed by atoms with Gasteiger partial charge in [0.1, 0.15) is 25.3 Å². The first-order valence-corrected chi connectivity index (χ1v) is 18.8. The molecule has 0 aliphatic rings. The summed E-state index contributed by atoms with van der Waals surface area (Å²) in [5.41, 5.74) is 4.07. The SMILES string of the molecule is CC(c1cccc(O)c1O)[NH+](CP(=O)(O)O)C(CO)C(CO)(CCCCN)[NH+](CP(=O)(O)O)C(C)c1cccc(O)c1O.O=C([O-])CC(=O)[O-]. The molecule has 2 rings (SSSR count). The molecule has 0 amide bonds. The van der Waals surface area contributed by atoms with Crippen molar-refractivity contribution in [1.82, 2.24) is 0 Å². The normalized spacial score (nSPS) is 16.2. The van der Waals surface area contributed by atoms with Gasteiger partial charge in [-0.15, -0.1) is 0 Å². The topological polar surface area (TPSA) is 352 Å². The number of phenolic OH excluding ortho intramolecular Hbond substituents is 4. The molecular formula is C29H47N3O16P2. The lowest BCUT2D eigenvalue weighted by molar-refractivity contribution is -1.03. The summed E-state index contributed by atoms with van der Waals surface area (Å²) in [6.45, 7) is 1.51. The van der Waals surface area contributed by atoms with Crippen molar-refractivity contribution in [1.29, 1.82) is 0 Å². The number of aliphatic hydroxyl groups is 2. The highest BCUT2D eigenvalue weighted by Gasteiger charge is 2.57. The van der Waals surface area contributed by atoms with E-state index >= 15 is 0 Å². The number of rotatable bonds is 19. The zero-order valence-electron chi connectivity index (χ0n) is 27.5. The van der Waals surface area contributed by atoms with E-state index in [1.165, 1.54) is 50.2 Å². The molecule has 21 heteroatoms. The van der Waals surface area contributed by atoms with Crippen LogP contribution in [-0.4, -0.2) is 106 Å². The summed E-state index contributed by atoms with van der Waals surface area (Å²) >= 11 is 0. The summed E-state index contributed by atoms with van der Waals surface area (Å²) in [5.74, 6) is -5.38. The number of nitrogens with one attached hydrogen (secondary N) is 2. The average Bonchev–Trinajstić information content (AvgIpc) is 2.99. The molecular weight excluding hydrogens is 708 g/mol. The summed E-state index contributed by atoms with van der Waals surface area (Å²) < 4.78 is 25.0. The largest absolute Gasteiger partial charge is 0.550 e. The van der Waals surface area contributed by atoms with Crippen molar-refractivity contribution in [2.45, 2.75) is 63.2 Å². The Bertz CT molecular complexity index is 1510. The number of carbonyl (C=O) groups is 2. The predicted molar refractivity (Wildman–Crippen MR) is 170 cm³/mol. The fraction of sp³-hybridized carbons (Fsp3) is 0.517. The molecule has 19 nitrogen and oxygen atoms in total. The van der Waals surface area contributed by atoms with Gasteiger partial charge in [-0.3, -0.25) is 9.13 Å². The first-order valence-electron chi connectivity index (χ1n) is 15.2. The van der Waals surface area contributed by atoms with Gasteiger partial charge in [0, 0.05) is 24.8 Å². The van der Waals surface area contributed by atoms with Gasteiger partial charge in [0.25, 0.3) is 0 Å². The van der Waals surface area contributed by atoms with Gasteiger partial charge in [0.15, 0.2) is 47.2 Å². The Hall–Kier alpha value is -3.32. The van der Waals surface area contributed by atoms with Crippen LogP contribution >= 0.6 is 15.2 Å². The molecule has 0 saturated heterocycles. The number of aliphatic hydroxyl groups excluding tert-OH is 2. The standard InChI is InChI=1S/C26H43N3O12P2.C3H4O4/c1-17(19-7-5-9-21(32)24(19)34)28(15-42(36,37)38)23(13-30)26(14-31,11-3-4-12-27)29(16-43(39,40)41)18(2)20-8-6-10-22(33)25(20)35;4-2(5)1-3(6)7/h5-10,17-18,23,30-35H,3-4,11-16,27H2,1-2H3,(H2,36,37,38)(H2,39,40,41);1H2,(H,4,5)(H,6,7). The van der Waals surface area contributed by atoms with Gasteiger partial charge in [-0.05, 0) is 57.5 Å². The van der Waals surface area contributed by atoms with Crippen LogP contribution < -0.4 is 25.7 Å². The van der Waals surface area contributed by atoms with Crippen molar-refractivity contribution >= 4 is 27.1 Å². The maximum atomic E-state index is 12.6. The Balaban J connectivity index is 0.00000161. The maximum absolute atomic E-state index is 12.6. The number of benzene rings is 2. The van der Waals surface area contributed by atoms with Crippen LogP contribution in [0.5, 0.6) is 23.0 Å². The van der Waals surface area contributed by atoms with E-state index in [9.17, 15) is 79.1 Å². The Kier molecular flexibility index (Phi) is 17.3. The highest BCUT2D eigenvalue weighted by molar-refractivity contribution is 7.51. The minimum atomic E-state index is -4.92. The number of unbranched alkanes of at least 4 members (excludes halogenated alkanes) is 1. The van der Waals surface area contributed by atoms with Crippen molar-refractivity contribution in [2.75, 3.05) is 32.3 Å². The number of carbonyl (C=O) groups excluding carboxylic acids is 2. The molecule has 0 radical (unpaired) electrons. The van der Waals surface area contributed by atoms with Crippen LogP contribution in [0.3, 0.4) is 0 Å². The number of para-hydroxylation sites is 2. The number of aromatic hydroxyl groups is 4. The van der Waals surface area contributed by atoms with Crippen LogP contribution in [-0.2, 0) is 18.7 Å². The number of phenols is 4. The van der Waals surface area contributed by atoms with Gasteiger partial charge in [-0.1, -0.05) is 12.1 Å². The number of nitrogens with two attached hydrogens (primary N) is 1. The van der Waals surface area contributed by atoms with E-state index in [-0.39, 0.29) is 40.3 Å². The first kappa shape index (κ1) is 44.7. The number of hydrogen-bond acceptors (Lipinski definition) is 13. The number of quaternary nitrogens is 2. The second-order valence-corrected chi connectivity index (χ2v) is 15.1. The van der Waals surface area contributed by atoms with Crippen molar-refractivity contribution in [2.24, 2.45) is 5.73 Å². The van der Waals surface area contributed by atoms with Crippen molar-refractivity contribution in [3.8, 4) is 23.0 Å². The smallest absolute Gasteiger partial charge is 0.379 e. The summed E-state index contributed by atoms with van der Waals surface area (Å²) in [4.78, 5) is 59.1. The fourth-order valence-corrected chi connectivity index (χ4v) is 8.12. The van der Waals surface area contributed by atoms with E-state index in [0.717, 1.165) is 0 Å². The third-order valence-electron chi connectivity index (χ3n) is 8.45. The summed E-state index contributed by atoms with van der Waals surface area (Å²) in [6.07, 6.45) is -2.27. The second kappa shape index (κ2) is 19.3. The third kappa shape index (κ3) is 12.8. The van der Waals surface area contributed by atoms with E-state index in [4.69, 9.17) is 5.73 Å². The highest BCUT2D eigenvalue weighted by atomic mass is 31.2. The van der Waals surface area contributed by atoms with Crippen LogP contribution in [0.4, 0.5) is 0 Å². The predicted octanol–water partition coefficient (Wildman–Crippen LogP) is -4.53. The van der Waals surface area contributed by atoms with Gasteiger partial charge >= 0.3 is 15.2 Å². The molecule has 0 bridgehead atoms. The molecule has 0 spiro atoms. The highest BCUT2D eigenvalue weighted by Crippen LogP contribution is 2.38. The molecule has 0 fully saturated rings. The number of carboxylic acids is 2. The number of carboxylic acid groups (broad SMARTS) is 2. The van der Waals surface area contributed by atoms with Gasteiger partial charge in [-0.25, -0.2) is 0 Å². The molecule has 2 aromatic carbocycles. The molecule has 6 unspecified atom stereocenters. The lowest BCUT2D eigenvalue weighted by Crippen LogP contribution is -3.30. The molecule has 0 aromatic heterocycles. The minimum absolute atomic E-state index is 0.0316. The quantitative estimate of drug-likeness (QED) is 0.0278. The monoisotopic (exact) mass is 755 g/mol. The Morgan fingerprint density at radius 1 is 0.800 bits per heavy atom. The van der Waals surface area contributed by atoms with Crippen LogP contribution in [0.15, 0.2) is 36.4 Å². The Morgan fingerprint density at radius 3 is 1.62 bits per heavy atom. The number of hydrogen-bond donors (Lipinski definition) is 13. The average molecular weight is 756 g/mol. The molecule has 0 aliphatic heterocycles. The maximum Gasteiger partial charge on any atom is 0.379 e. The van der Waals surface area contributed by atoms with Gasteiger partial charge < -0.3 is 85.5 Å². The zero-order valence-corrected chi connectivity index (χ0v) is 29.2. The zero-order chi connectivity index (χ0) is 38.6. The molecule has 0 aliphatic carbocycles. The van der Waals surface area contributed by atoms with Crippen LogP contribution in [0.1, 0.15) is 62.7 Å². The molecule has 14 N–H and O–H groups in total. The van der Waals surface area contributed by atoms with Crippen LogP contribution in [0.25, 0.3) is 0 Å². The molecule has 284 valence electrons. The minimum Gasteiger partial charge on any atom is -0.550 e. The Morgan fingerprint density at radius 2 is 1.26 bits per heavy atom. The van der Waals surface area contributed by atoms with Gasteiger partial charge in [-0.2, -0.15) is 0 Å². The molecule has 2 aromatic rings. The molecule has 0 saturated carbocycles. The van der Waals surface area contributed by atoms with Crippen molar-refractivity contribution in [3.05, 3.63) is 47.5 Å². The van der Waals surface area contributed by atoms with E-state index in [1.54, 1.807) is 0 Å². The third-order valence-corrected chi connectivity index (χ3v) is 9.98. The van der Waals surface area contributed by atoms with Gasteiger partial charge in [0.05, 0.1) is 11.1 Å². The Labute approximate surface area is 287 Å². The van der Waals surface area contributed by atoms with E-state index in [1.807, 2.05) is 0 Å². The second-order valence-electron chi connectivity index (χ2n) is 11.8. The summed E-state index contributed by atoms with van der Waals surface area (Å²) in [6, 6.07) is 4.61. The summed E-state index contributed by atoms with van der Waals surface area (Å²) in [7, 11) is -9.82.